The van der Waals surface area contributed by atoms with Gasteiger partial charge in [-0.05, 0) is 24.6 Å². The van der Waals surface area contributed by atoms with E-state index in [1.807, 2.05) is 26.0 Å². The molecule has 0 atom stereocenters. The van der Waals surface area contributed by atoms with E-state index >= 15 is 0 Å². The molecule has 0 saturated heterocycles. The summed E-state index contributed by atoms with van der Waals surface area (Å²) in [5.41, 5.74) is 1.88. The van der Waals surface area contributed by atoms with Gasteiger partial charge in [0.05, 0.1) is 12.7 Å². The van der Waals surface area contributed by atoms with Crippen LogP contribution in [-0.4, -0.2) is 17.3 Å². The zero-order chi connectivity index (χ0) is 12.4. The topological polar surface area (TPSA) is 48.2 Å². The van der Waals surface area contributed by atoms with Crippen molar-refractivity contribution in [3.8, 4) is 17.2 Å². The molecule has 2 aromatic rings. The first-order valence-electron chi connectivity index (χ1n) is 5.32. The van der Waals surface area contributed by atoms with Gasteiger partial charge >= 0.3 is 0 Å². The number of aryl methyl sites for hydroxylation is 2. The molecule has 0 N–H and O–H groups in total. The quantitative estimate of drug-likeness (QED) is 0.871. The average molecular weight is 297 g/mol. The van der Waals surface area contributed by atoms with Crippen molar-refractivity contribution in [2.75, 3.05) is 7.11 Å². The van der Waals surface area contributed by atoms with Crippen LogP contribution in [0.25, 0.3) is 11.5 Å². The van der Waals surface area contributed by atoms with E-state index in [-0.39, 0.29) is 0 Å². The highest BCUT2D eigenvalue weighted by atomic mass is 79.9. The van der Waals surface area contributed by atoms with Crippen LogP contribution in [0.1, 0.15) is 18.4 Å². The van der Waals surface area contributed by atoms with Gasteiger partial charge in [0.25, 0.3) is 5.89 Å². The van der Waals surface area contributed by atoms with Gasteiger partial charge < -0.3 is 9.15 Å². The number of nitrogens with zero attached hydrogens (tertiary/aromatic N) is 2. The molecular formula is C12H13BrN2O2. The number of ether oxygens (including phenoxy) is 1. The Morgan fingerprint density at radius 3 is 2.71 bits per heavy atom. The minimum absolute atomic E-state index is 0.503. The van der Waals surface area contributed by atoms with E-state index in [4.69, 9.17) is 9.15 Å². The lowest BCUT2D eigenvalue weighted by molar-refractivity contribution is 0.413. The number of aromatic nitrogens is 2. The molecule has 1 aromatic heterocycles. The molecule has 0 radical (unpaired) electrons. The minimum Gasteiger partial charge on any atom is -0.496 e. The summed E-state index contributed by atoms with van der Waals surface area (Å²) in [4.78, 5) is 0. The lowest BCUT2D eigenvalue weighted by Gasteiger charge is -2.08. The largest absolute Gasteiger partial charge is 0.496 e. The van der Waals surface area contributed by atoms with E-state index in [0.717, 1.165) is 27.8 Å². The van der Waals surface area contributed by atoms with Crippen LogP contribution in [0.15, 0.2) is 21.0 Å². The fourth-order valence-corrected chi connectivity index (χ4v) is 2.20. The first-order valence-corrected chi connectivity index (χ1v) is 6.12. The molecular weight excluding hydrogens is 284 g/mol. The lowest BCUT2D eigenvalue weighted by atomic mass is 10.1. The highest BCUT2D eigenvalue weighted by Crippen LogP contribution is 2.35. The first kappa shape index (κ1) is 12.1. The van der Waals surface area contributed by atoms with Crippen molar-refractivity contribution in [2.24, 2.45) is 0 Å². The predicted molar refractivity (Wildman–Crippen MR) is 68.1 cm³/mol. The first-order chi connectivity index (χ1) is 8.15. The summed E-state index contributed by atoms with van der Waals surface area (Å²) in [7, 11) is 1.63. The summed E-state index contributed by atoms with van der Waals surface area (Å²) in [6.07, 6.45) is 0.727. The number of hydrogen-bond donors (Lipinski definition) is 0. The summed E-state index contributed by atoms with van der Waals surface area (Å²) in [5.74, 6) is 1.86. The van der Waals surface area contributed by atoms with Crippen molar-refractivity contribution in [1.29, 1.82) is 0 Å². The number of rotatable bonds is 3. The second kappa shape index (κ2) is 4.87. The molecule has 4 nitrogen and oxygen atoms in total. The summed E-state index contributed by atoms with van der Waals surface area (Å²) in [6.45, 7) is 3.96. The fraction of sp³-hybridized carbons (Fsp3) is 0.333. The van der Waals surface area contributed by atoms with Crippen LogP contribution >= 0.6 is 15.9 Å². The van der Waals surface area contributed by atoms with Crippen LogP contribution in [0, 0.1) is 6.92 Å². The fourth-order valence-electron chi connectivity index (χ4n) is 1.64. The van der Waals surface area contributed by atoms with Crippen LogP contribution in [0.3, 0.4) is 0 Å². The maximum Gasteiger partial charge on any atom is 0.251 e. The van der Waals surface area contributed by atoms with Crippen molar-refractivity contribution < 1.29 is 9.15 Å². The highest BCUT2D eigenvalue weighted by molar-refractivity contribution is 9.10. The Morgan fingerprint density at radius 2 is 2.12 bits per heavy atom. The standard InChI is InChI=1S/C12H13BrN2O2/c1-4-10-14-15-12(17-10)11-7(2)5-8(13)6-9(11)16-3/h5-6H,4H2,1-3H3. The summed E-state index contributed by atoms with van der Waals surface area (Å²) >= 11 is 3.43. The van der Waals surface area contributed by atoms with Gasteiger partial charge in [0.1, 0.15) is 5.75 Å². The molecule has 0 saturated carbocycles. The van der Waals surface area contributed by atoms with Crippen molar-refractivity contribution in [2.45, 2.75) is 20.3 Å². The van der Waals surface area contributed by atoms with Gasteiger partial charge in [-0.1, -0.05) is 22.9 Å². The molecule has 0 aliphatic rings. The zero-order valence-corrected chi connectivity index (χ0v) is 11.5. The van der Waals surface area contributed by atoms with Gasteiger partial charge in [0, 0.05) is 10.9 Å². The lowest BCUT2D eigenvalue weighted by Crippen LogP contribution is -1.91. The van der Waals surface area contributed by atoms with Crippen molar-refractivity contribution in [3.05, 3.63) is 28.1 Å². The van der Waals surface area contributed by atoms with E-state index in [1.165, 1.54) is 0 Å². The second-order valence-corrected chi connectivity index (χ2v) is 4.57. The molecule has 0 spiro atoms. The smallest absolute Gasteiger partial charge is 0.251 e. The Hall–Kier alpha value is -1.36. The van der Waals surface area contributed by atoms with Crippen molar-refractivity contribution in [3.63, 3.8) is 0 Å². The van der Waals surface area contributed by atoms with Crippen LogP contribution in [-0.2, 0) is 6.42 Å². The van der Waals surface area contributed by atoms with Crippen LogP contribution < -0.4 is 4.74 Å². The Balaban J connectivity index is 2.57. The molecule has 5 heteroatoms. The highest BCUT2D eigenvalue weighted by Gasteiger charge is 2.16. The number of halogens is 1. The second-order valence-electron chi connectivity index (χ2n) is 3.65. The predicted octanol–water partition coefficient (Wildman–Crippen LogP) is 3.38. The van der Waals surface area contributed by atoms with Gasteiger partial charge in [0.15, 0.2) is 0 Å². The molecule has 0 aliphatic heterocycles. The van der Waals surface area contributed by atoms with E-state index in [2.05, 4.69) is 26.1 Å². The Morgan fingerprint density at radius 1 is 1.35 bits per heavy atom. The van der Waals surface area contributed by atoms with Crippen LogP contribution in [0.5, 0.6) is 5.75 Å². The Labute approximate surface area is 108 Å². The normalized spacial score (nSPS) is 10.6. The van der Waals surface area contributed by atoms with Gasteiger partial charge in [-0.3, -0.25) is 0 Å². The molecule has 0 amide bonds. The molecule has 1 aromatic carbocycles. The van der Waals surface area contributed by atoms with E-state index < -0.39 is 0 Å². The van der Waals surface area contributed by atoms with Gasteiger partial charge in [-0.15, -0.1) is 10.2 Å². The van der Waals surface area contributed by atoms with Crippen LogP contribution in [0.4, 0.5) is 0 Å². The molecule has 0 fully saturated rings. The van der Waals surface area contributed by atoms with Crippen molar-refractivity contribution in [1.82, 2.24) is 10.2 Å². The number of benzene rings is 1. The Bertz CT molecular complexity index is 537. The molecule has 90 valence electrons. The number of methoxy groups -OCH3 is 1. The van der Waals surface area contributed by atoms with Gasteiger partial charge in [-0.25, -0.2) is 0 Å². The maximum absolute atomic E-state index is 5.56. The summed E-state index contributed by atoms with van der Waals surface area (Å²) in [6, 6.07) is 3.88. The summed E-state index contributed by atoms with van der Waals surface area (Å²) in [5, 5.41) is 8.01. The Kier molecular flexibility index (Phi) is 3.47. The molecule has 0 aliphatic carbocycles. The third-order valence-corrected chi connectivity index (χ3v) is 2.93. The number of hydrogen-bond acceptors (Lipinski definition) is 4. The third kappa shape index (κ3) is 2.34. The molecule has 0 unspecified atom stereocenters. The monoisotopic (exact) mass is 296 g/mol. The van der Waals surface area contributed by atoms with Crippen LogP contribution in [0.2, 0.25) is 0 Å². The van der Waals surface area contributed by atoms with E-state index in [0.29, 0.717) is 11.8 Å². The van der Waals surface area contributed by atoms with E-state index in [9.17, 15) is 0 Å². The maximum atomic E-state index is 5.56. The summed E-state index contributed by atoms with van der Waals surface area (Å²) < 4.78 is 11.9. The van der Waals surface area contributed by atoms with Gasteiger partial charge in [0.2, 0.25) is 5.89 Å². The average Bonchev–Trinajstić information content (AvgIpc) is 2.76. The molecule has 0 bridgehead atoms. The minimum atomic E-state index is 0.503. The SMILES string of the molecule is CCc1nnc(-c2c(C)cc(Br)cc2OC)o1. The molecule has 17 heavy (non-hydrogen) atoms. The van der Waals surface area contributed by atoms with E-state index in [1.54, 1.807) is 7.11 Å². The molecule has 1 heterocycles. The van der Waals surface area contributed by atoms with Gasteiger partial charge in [-0.2, -0.15) is 0 Å². The van der Waals surface area contributed by atoms with Crippen molar-refractivity contribution >= 4 is 15.9 Å². The third-order valence-electron chi connectivity index (χ3n) is 2.47. The molecule has 2 rings (SSSR count). The zero-order valence-electron chi connectivity index (χ0n) is 9.95.